The molecule has 0 aromatic carbocycles. The Labute approximate surface area is 170 Å². The molecule has 1 unspecified atom stereocenters. The third-order valence-corrected chi connectivity index (χ3v) is 7.06. The molecule has 0 N–H and O–H groups in total. The minimum atomic E-state index is 0.142. The first-order valence-electron chi connectivity index (χ1n) is 11.6. The van der Waals surface area contributed by atoms with Crippen molar-refractivity contribution in [1.82, 2.24) is 14.7 Å². The van der Waals surface area contributed by atoms with E-state index in [9.17, 15) is 4.79 Å². The first-order valence-corrected chi connectivity index (χ1v) is 11.6. The second kappa shape index (κ2) is 9.93. The maximum atomic E-state index is 13.1. The van der Waals surface area contributed by atoms with Crippen molar-refractivity contribution in [2.45, 2.75) is 63.8 Å². The highest BCUT2D eigenvalue weighted by molar-refractivity contribution is 5.93. The van der Waals surface area contributed by atoms with Gasteiger partial charge < -0.3 is 19.1 Å². The van der Waals surface area contributed by atoms with Gasteiger partial charge in [0.15, 0.2) is 0 Å². The molecule has 0 bridgehead atoms. The van der Waals surface area contributed by atoms with Crippen LogP contribution in [-0.4, -0.2) is 72.5 Å². The predicted molar refractivity (Wildman–Crippen MR) is 111 cm³/mol. The fourth-order valence-corrected chi connectivity index (χ4v) is 5.45. The minimum Gasteiger partial charge on any atom is -0.472 e. The molecule has 1 atom stereocenters. The number of hydrogen-bond acceptors (Lipinski definition) is 4. The first-order chi connectivity index (χ1) is 13.8. The SMILES string of the molecule is O=C(c1ccoc1)N(CCN1CCCCC1)CC1CCCN(C2CCCC2)C1. The van der Waals surface area contributed by atoms with Crippen LogP contribution in [0.1, 0.15) is 68.1 Å². The van der Waals surface area contributed by atoms with Crippen LogP contribution in [0.25, 0.3) is 0 Å². The van der Waals surface area contributed by atoms with Crippen molar-refractivity contribution in [3.8, 4) is 0 Å². The zero-order valence-corrected chi connectivity index (χ0v) is 17.4. The number of carbonyl (C=O) groups is 1. The van der Waals surface area contributed by atoms with Gasteiger partial charge in [0.1, 0.15) is 6.26 Å². The van der Waals surface area contributed by atoms with E-state index >= 15 is 0 Å². The maximum Gasteiger partial charge on any atom is 0.257 e. The molecule has 1 aliphatic carbocycles. The number of nitrogens with zero attached hydrogens (tertiary/aromatic N) is 3. The summed E-state index contributed by atoms with van der Waals surface area (Å²) in [5.41, 5.74) is 0.696. The predicted octanol–water partition coefficient (Wildman–Crippen LogP) is 3.86. The van der Waals surface area contributed by atoms with E-state index < -0.39 is 0 Å². The van der Waals surface area contributed by atoms with E-state index in [0.717, 1.165) is 25.7 Å². The van der Waals surface area contributed by atoms with Crippen molar-refractivity contribution in [3.05, 3.63) is 24.2 Å². The molecule has 5 nitrogen and oxygen atoms in total. The van der Waals surface area contributed by atoms with Crippen LogP contribution >= 0.6 is 0 Å². The lowest BCUT2D eigenvalue weighted by atomic mass is 9.95. The maximum absolute atomic E-state index is 13.1. The zero-order chi connectivity index (χ0) is 19.2. The molecule has 3 heterocycles. The summed E-state index contributed by atoms with van der Waals surface area (Å²) < 4.78 is 5.19. The number of likely N-dealkylation sites (tertiary alicyclic amines) is 2. The number of amides is 1. The van der Waals surface area contributed by atoms with Crippen LogP contribution in [0, 0.1) is 5.92 Å². The lowest BCUT2D eigenvalue weighted by Crippen LogP contribution is -2.47. The lowest BCUT2D eigenvalue weighted by molar-refractivity contribution is 0.0609. The van der Waals surface area contributed by atoms with E-state index in [0.29, 0.717) is 11.5 Å². The van der Waals surface area contributed by atoms with Gasteiger partial charge in [0.05, 0.1) is 11.8 Å². The van der Waals surface area contributed by atoms with E-state index in [1.807, 2.05) is 6.07 Å². The van der Waals surface area contributed by atoms with Gasteiger partial charge >= 0.3 is 0 Å². The summed E-state index contributed by atoms with van der Waals surface area (Å²) >= 11 is 0. The Morgan fingerprint density at radius 3 is 2.61 bits per heavy atom. The monoisotopic (exact) mass is 387 g/mol. The Hall–Kier alpha value is -1.33. The summed E-state index contributed by atoms with van der Waals surface area (Å²) in [5, 5.41) is 0. The van der Waals surface area contributed by atoms with Crippen molar-refractivity contribution in [1.29, 1.82) is 0 Å². The summed E-state index contributed by atoms with van der Waals surface area (Å²) in [6, 6.07) is 2.61. The highest BCUT2D eigenvalue weighted by Gasteiger charge is 2.30. The average molecular weight is 388 g/mol. The summed E-state index contributed by atoms with van der Waals surface area (Å²) in [7, 11) is 0. The van der Waals surface area contributed by atoms with Crippen LogP contribution in [0.4, 0.5) is 0 Å². The van der Waals surface area contributed by atoms with Crippen molar-refractivity contribution in [2.75, 3.05) is 45.8 Å². The molecular weight excluding hydrogens is 350 g/mol. The van der Waals surface area contributed by atoms with Crippen molar-refractivity contribution in [2.24, 2.45) is 5.92 Å². The van der Waals surface area contributed by atoms with Crippen LogP contribution in [0.5, 0.6) is 0 Å². The molecule has 1 saturated carbocycles. The normalized spacial score (nSPS) is 25.2. The summed E-state index contributed by atoms with van der Waals surface area (Å²) in [6.07, 6.45) is 15.2. The topological polar surface area (TPSA) is 39.9 Å². The van der Waals surface area contributed by atoms with Crippen LogP contribution in [0.3, 0.4) is 0 Å². The number of hydrogen-bond donors (Lipinski definition) is 0. The smallest absolute Gasteiger partial charge is 0.257 e. The summed E-state index contributed by atoms with van der Waals surface area (Å²) in [5.74, 6) is 0.746. The molecule has 1 amide bonds. The van der Waals surface area contributed by atoms with E-state index in [4.69, 9.17) is 4.42 Å². The molecule has 3 aliphatic rings. The molecule has 5 heteroatoms. The Kier molecular flexibility index (Phi) is 7.08. The number of piperidine rings is 2. The molecule has 3 fully saturated rings. The van der Waals surface area contributed by atoms with E-state index in [2.05, 4.69) is 14.7 Å². The standard InChI is InChI=1S/C23H37N3O2/c27-23(21-10-16-28-19-21)26(15-14-24-11-4-1-5-12-24)18-20-7-6-13-25(17-20)22-8-2-3-9-22/h10,16,19-20,22H,1-9,11-15,17-18H2. The minimum absolute atomic E-state index is 0.142. The van der Waals surface area contributed by atoms with Crippen LogP contribution in [0.15, 0.2) is 23.0 Å². The average Bonchev–Trinajstić information content (AvgIpc) is 3.46. The molecule has 2 aliphatic heterocycles. The molecule has 0 radical (unpaired) electrons. The number of furan rings is 1. The van der Waals surface area contributed by atoms with Gasteiger partial charge in [-0.3, -0.25) is 4.79 Å². The molecular formula is C23H37N3O2. The van der Waals surface area contributed by atoms with Gasteiger partial charge in [0.2, 0.25) is 0 Å². The van der Waals surface area contributed by atoms with Gasteiger partial charge in [-0.2, -0.15) is 0 Å². The van der Waals surface area contributed by atoms with Gasteiger partial charge in [0.25, 0.3) is 5.91 Å². The van der Waals surface area contributed by atoms with Crippen LogP contribution in [0.2, 0.25) is 0 Å². The van der Waals surface area contributed by atoms with Crippen molar-refractivity contribution in [3.63, 3.8) is 0 Å². The van der Waals surface area contributed by atoms with Crippen molar-refractivity contribution >= 4 is 5.91 Å². The number of carbonyl (C=O) groups excluding carboxylic acids is 1. The van der Waals surface area contributed by atoms with E-state index in [1.165, 1.54) is 84.0 Å². The van der Waals surface area contributed by atoms with Crippen LogP contribution < -0.4 is 0 Å². The molecule has 2 saturated heterocycles. The third-order valence-electron chi connectivity index (χ3n) is 7.06. The Balaban J connectivity index is 1.36. The molecule has 4 rings (SSSR count). The fourth-order valence-electron chi connectivity index (χ4n) is 5.45. The second-order valence-electron chi connectivity index (χ2n) is 9.11. The highest BCUT2D eigenvalue weighted by Crippen LogP contribution is 2.28. The molecule has 1 aromatic heterocycles. The fraction of sp³-hybridized carbons (Fsp3) is 0.783. The Bertz CT molecular complexity index is 591. The largest absolute Gasteiger partial charge is 0.472 e. The molecule has 28 heavy (non-hydrogen) atoms. The van der Waals surface area contributed by atoms with Crippen molar-refractivity contribution < 1.29 is 9.21 Å². The van der Waals surface area contributed by atoms with Gasteiger partial charge in [-0.25, -0.2) is 0 Å². The lowest BCUT2D eigenvalue weighted by Gasteiger charge is -2.39. The Morgan fingerprint density at radius 1 is 1.04 bits per heavy atom. The Morgan fingerprint density at radius 2 is 1.86 bits per heavy atom. The van der Waals surface area contributed by atoms with Gasteiger partial charge in [0, 0.05) is 32.2 Å². The molecule has 156 valence electrons. The highest BCUT2D eigenvalue weighted by atomic mass is 16.3. The quantitative estimate of drug-likeness (QED) is 0.712. The molecule has 0 spiro atoms. The first kappa shape index (κ1) is 20.0. The molecule has 1 aromatic rings. The summed E-state index contributed by atoms with van der Waals surface area (Å²) in [4.78, 5) is 20.5. The zero-order valence-electron chi connectivity index (χ0n) is 17.4. The van der Waals surface area contributed by atoms with Crippen LogP contribution in [-0.2, 0) is 0 Å². The van der Waals surface area contributed by atoms with Gasteiger partial charge in [-0.1, -0.05) is 19.3 Å². The summed E-state index contributed by atoms with van der Waals surface area (Å²) in [6.45, 7) is 7.53. The second-order valence-corrected chi connectivity index (χ2v) is 9.11. The van der Waals surface area contributed by atoms with E-state index in [1.54, 1.807) is 12.5 Å². The third kappa shape index (κ3) is 5.18. The van der Waals surface area contributed by atoms with E-state index in [-0.39, 0.29) is 5.91 Å². The van der Waals surface area contributed by atoms with Gasteiger partial charge in [-0.15, -0.1) is 0 Å². The number of rotatable bonds is 7. The van der Waals surface area contributed by atoms with Gasteiger partial charge in [-0.05, 0) is 70.1 Å².